The molecular weight excluding hydrogens is 334 g/mol. The molecule has 0 aliphatic heterocycles. The summed E-state index contributed by atoms with van der Waals surface area (Å²) in [5, 5.41) is 21.3. The van der Waals surface area contributed by atoms with E-state index < -0.39 is 23.3 Å². The van der Waals surface area contributed by atoms with Crippen molar-refractivity contribution in [1.29, 1.82) is 0 Å². The van der Waals surface area contributed by atoms with Crippen LogP contribution in [0.4, 0.5) is 15.8 Å². The van der Waals surface area contributed by atoms with E-state index in [0.717, 1.165) is 12.1 Å². The standard InChI is InChI=1S/C8H6FIN2O4/c9-4-1-6(11-3-8(13)14)7(12(15)16)2-5(4)10/h1-2,11H,3H2,(H,13,14). The van der Waals surface area contributed by atoms with Crippen LogP contribution in [-0.4, -0.2) is 22.5 Å². The quantitative estimate of drug-likeness (QED) is 0.496. The fraction of sp³-hybridized carbons (Fsp3) is 0.125. The number of benzene rings is 1. The van der Waals surface area contributed by atoms with Crippen LogP contribution in [0.1, 0.15) is 0 Å². The molecule has 0 aliphatic carbocycles. The molecule has 0 amide bonds. The Morgan fingerprint density at radius 2 is 2.25 bits per heavy atom. The summed E-state index contributed by atoms with van der Waals surface area (Å²) in [6.07, 6.45) is 0. The van der Waals surface area contributed by atoms with Gasteiger partial charge in [0.2, 0.25) is 0 Å². The Kier molecular flexibility index (Phi) is 3.99. The second kappa shape index (κ2) is 5.05. The van der Waals surface area contributed by atoms with E-state index in [9.17, 15) is 19.3 Å². The van der Waals surface area contributed by atoms with Gasteiger partial charge in [-0.25, -0.2) is 4.39 Å². The highest BCUT2D eigenvalue weighted by Crippen LogP contribution is 2.28. The van der Waals surface area contributed by atoms with Crippen LogP contribution < -0.4 is 5.32 Å². The van der Waals surface area contributed by atoms with Gasteiger partial charge in [0.25, 0.3) is 5.69 Å². The third kappa shape index (κ3) is 3.02. The minimum Gasteiger partial charge on any atom is -0.480 e. The van der Waals surface area contributed by atoms with Crippen LogP contribution in [0.25, 0.3) is 0 Å². The van der Waals surface area contributed by atoms with E-state index in [1.807, 2.05) is 0 Å². The molecule has 0 unspecified atom stereocenters. The molecule has 6 nitrogen and oxygen atoms in total. The number of carboxylic acids is 1. The number of nitrogens with zero attached hydrogens (tertiary/aromatic N) is 1. The van der Waals surface area contributed by atoms with Crippen molar-refractivity contribution in [1.82, 2.24) is 0 Å². The summed E-state index contributed by atoms with van der Waals surface area (Å²) < 4.78 is 13.2. The molecule has 0 spiro atoms. The Bertz CT molecular complexity index is 452. The summed E-state index contributed by atoms with van der Waals surface area (Å²) in [6.45, 7) is -0.513. The first-order chi connectivity index (χ1) is 7.41. The predicted octanol–water partition coefficient (Wildman–Crippen LogP) is 1.83. The van der Waals surface area contributed by atoms with Gasteiger partial charge in [0.1, 0.15) is 18.0 Å². The zero-order chi connectivity index (χ0) is 12.3. The van der Waals surface area contributed by atoms with Crippen LogP contribution in [0.15, 0.2) is 12.1 Å². The highest BCUT2D eigenvalue weighted by atomic mass is 127. The molecule has 0 fully saturated rings. The van der Waals surface area contributed by atoms with Crippen LogP contribution >= 0.6 is 22.6 Å². The molecule has 8 heteroatoms. The number of hydrogen-bond acceptors (Lipinski definition) is 4. The van der Waals surface area contributed by atoms with Crippen molar-refractivity contribution >= 4 is 39.9 Å². The summed E-state index contributed by atoms with van der Waals surface area (Å²) >= 11 is 1.62. The number of hydrogen-bond donors (Lipinski definition) is 2. The average Bonchev–Trinajstić information content (AvgIpc) is 2.18. The molecule has 0 atom stereocenters. The first-order valence-corrected chi connectivity index (χ1v) is 5.09. The zero-order valence-corrected chi connectivity index (χ0v) is 9.89. The van der Waals surface area contributed by atoms with Crippen molar-refractivity contribution in [3.05, 3.63) is 31.6 Å². The van der Waals surface area contributed by atoms with Gasteiger partial charge in [0.15, 0.2) is 0 Å². The fourth-order valence-electron chi connectivity index (χ4n) is 1.000. The van der Waals surface area contributed by atoms with Gasteiger partial charge in [-0.15, -0.1) is 0 Å². The maximum absolute atomic E-state index is 13.1. The number of anilines is 1. The van der Waals surface area contributed by atoms with Gasteiger partial charge >= 0.3 is 5.97 Å². The normalized spacial score (nSPS) is 9.88. The Morgan fingerprint density at radius 3 is 2.75 bits per heavy atom. The lowest BCUT2D eigenvalue weighted by molar-refractivity contribution is -0.384. The number of carbonyl (C=O) groups is 1. The number of halogens is 2. The maximum Gasteiger partial charge on any atom is 0.322 e. The van der Waals surface area contributed by atoms with Crippen molar-refractivity contribution in [2.24, 2.45) is 0 Å². The van der Waals surface area contributed by atoms with Crippen molar-refractivity contribution in [3.63, 3.8) is 0 Å². The van der Waals surface area contributed by atoms with Crippen LogP contribution in [0.5, 0.6) is 0 Å². The van der Waals surface area contributed by atoms with Crippen molar-refractivity contribution < 1.29 is 19.2 Å². The van der Waals surface area contributed by atoms with Gasteiger partial charge in [0, 0.05) is 12.1 Å². The van der Waals surface area contributed by atoms with Crippen molar-refractivity contribution in [3.8, 4) is 0 Å². The molecule has 16 heavy (non-hydrogen) atoms. The molecule has 0 radical (unpaired) electrons. The first-order valence-electron chi connectivity index (χ1n) is 4.01. The minimum absolute atomic E-state index is 0.102. The Balaban J connectivity index is 3.09. The van der Waals surface area contributed by atoms with E-state index in [0.29, 0.717) is 0 Å². The summed E-state index contributed by atoms with van der Waals surface area (Å²) in [7, 11) is 0. The second-order valence-corrected chi connectivity index (χ2v) is 3.95. The van der Waals surface area contributed by atoms with E-state index >= 15 is 0 Å². The molecule has 0 aliphatic rings. The lowest BCUT2D eigenvalue weighted by Gasteiger charge is -2.05. The molecule has 2 N–H and O–H groups in total. The number of nitro benzene ring substituents is 1. The van der Waals surface area contributed by atoms with Crippen LogP contribution in [0.3, 0.4) is 0 Å². The smallest absolute Gasteiger partial charge is 0.322 e. The summed E-state index contributed by atoms with van der Waals surface area (Å²) in [4.78, 5) is 20.2. The highest BCUT2D eigenvalue weighted by molar-refractivity contribution is 14.1. The summed E-state index contributed by atoms with van der Waals surface area (Å²) in [5.41, 5.74) is -0.502. The third-order valence-corrected chi connectivity index (χ3v) is 2.49. The summed E-state index contributed by atoms with van der Waals surface area (Å²) in [6, 6.07) is 1.95. The molecule has 1 rings (SSSR count). The molecule has 86 valence electrons. The molecular formula is C8H6FIN2O4. The number of rotatable bonds is 4. The van der Waals surface area contributed by atoms with Crippen LogP contribution in [-0.2, 0) is 4.79 Å². The molecule has 1 aromatic carbocycles. The molecule has 0 aromatic heterocycles. The molecule has 1 aromatic rings. The second-order valence-electron chi connectivity index (χ2n) is 2.79. The SMILES string of the molecule is O=C(O)CNc1cc(F)c(I)cc1[N+](=O)[O-]. The van der Waals surface area contributed by atoms with E-state index in [1.165, 1.54) is 0 Å². The largest absolute Gasteiger partial charge is 0.480 e. The number of nitrogens with one attached hydrogen (secondary N) is 1. The third-order valence-electron chi connectivity index (χ3n) is 1.67. The Hall–Kier alpha value is -1.45. The average molecular weight is 340 g/mol. The van der Waals surface area contributed by atoms with Gasteiger partial charge in [-0.05, 0) is 22.6 Å². The number of nitro groups is 1. The lowest BCUT2D eigenvalue weighted by atomic mass is 10.2. The van der Waals surface area contributed by atoms with Crippen molar-refractivity contribution in [2.45, 2.75) is 0 Å². The van der Waals surface area contributed by atoms with E-state index in [4.69, 9.17) is 5.11 Å². The van der Waals surface area contributed by atoms with E-state index in [2.05, 4.69) is 5.32 Å². The molecule has 0 bridgehead atoms. The fourth-order valence-corrected chi connectivity index (χ4v) is 1.45. The van der Waals surface area contributed by atoms with Gasteiger partial charge in [-0.1, -0.05) is 0 Å². The Labute approximate surface area is 103 Å². The maximum atomic E-state index is 13.1. The van der Waals surface area contributed by atoms with E-state index in [-0.39, 0.29) is 14.9 Å². The van der Waals surface area contributed by atoms with Gasteiger partial charge in [0.05, 0.1) is 8.49 Å². The zero-order valence-electron chi connectivity index (χ0n) is 7.74. The topological polar surface area (TPSA) is 92.5 Å². The van der Waals surface area contributed by atoms with E-state index in [1.54, 1.807) is 22.6 Å². The number of aliphatic carboxylic acids is 1. The van der Waals surface area contributed by atoms with Gasteiger partial charge in [-0.2, -0.15) is 0 Å². The van der Waals surface area contributed by atoms with Crippen LogP contribution in [0, 0.1) is 19.5 Å². The number of carboxylic acid groups (broad SMARTS) is 1. The van der Waals surface area contributed by atoms with Crippen LogP contribution in [0.2, 0.25) is 0 Å². The molecule has 0 heterocycles. The lowest BCUT2D eigenvalue weighted by Crippen LogP contribution is -2.13. The predicted molar refractivity (Wildman–Crippen MR) is 61.9 cm³/mol. The first kappa shape index (κ1) is 12.6. The van der Waals surface area contributed by atoms with Gasteiger partial charge in [-0.3, -0.25) is 14.9 Å². The highest BCUT2D eigenvalue weighted by Gasteiger charge is 2.17. The van der Waals surface area contributed by atoms with Gasteiger partial charge < -0.3 is 10.4 Å². The minimum atomic E-state index is -1.19. The van der Waals surface area contributed by atoms with Crippen molar-refractivity contribution in [2.75, 3.05) is 11.9 Å². The Morgan fingerprint density at radius 1 is 1.62 bits per heavy atom. The summed E-state index contributed by atoms with van der Waals surface area (Å²) in [5.74, 6) is -1.83. The monoisotopic (exact) mass is 340 g/mol. The molecule has 0 saturated carbocycles. The molecule has 0 saturated heterocycles.